The van der Waals surface area contributed by atoms with E-state index in [1.165, 1.54) is 0 Å². The van der Waals surface area contributed by atoms with Crippen molar-refractivity contribution in [2.24, 2.45) is 0 Å². The van der Waals surface area contributed by atoms with Crippen LogP contribution in [0.1, 0.15) is 22.4 Å². The standard InChI is InChI=1S/C17H15BrN4O/c1-8-4-5-14(23)9(2)15(8)22-16(20)12(7-19)11-6-13(18)10(3)21-17(11)22/h4-6,23H,20H2,1-3H3. The number of nitrogens with zero attached hydrogens (tertiary/aromatic N) is 3. The van der Waals surface area contributed by atoms with Crippen molar-refractivity contribution < 1.29 is 5.11 Å². The van der Waals surface area contributed by atoms with E-state index in [0.717, 1.165) is 21.4 Å². The number of halogens is 1. The number of benzene rings is 1. The Kier molecular flexibility index (Phi) is 3.53. The zero-order valence-corrected chi connectivity index (χ0v) is 14.6. The number of nitrogens with two attached hydrogens (primary N) is 1. The van der Waals surface area contributed by atoms with Crippen molar-refractivity contribution in [3.8, 4) is 17.5 Å². The van der Waals surface area contributed by atoms with Crippen LogP contribution in [0.2, 0.25) is 0 Å². The monoisotopic (exact) mass is 370 g/mol. The molecular weight excluding hydrogens is 356 g/mol. The Morgan fingerprint density at radius 1 is 1.30 bits per heavy atom. The van der Waals surface area contributed by atoms with Crippen LogP contribution >= 0.6 is 15.9 Å². The van der Waals surface area contributed by atoms with E-state index in [9.17, 15) is 10.4 Å². The van der Waals surface area contributed by atoms with Gasteiger partial charge >= 0.3 is 0 Å². The molecule has 0 aliphatic heterocycles. The summed E-state index contributed by atoms with van der Waals surface area (Å²) in [5.41, 5.74) is 10.4. The third kappa shape index (κ3) is 2.16. The smallest absolute Gasteiger partial charge is 0.147 e. The summed E-state index contributed by atoms with van der Waals surface area (Å²) in [7, 11) is 0. The third-order valence-electron chi connectivity index (χ3n) is 4.05. The molecule has 6 heteroatoms. The quantitative estimate of drug-likeness (QED) is 0.680. The van der Waals surface area contributed by atoms with Gasteiger partial charge in [0.05, 0.1) is 11.4 Å². The van der Waals surface area contributed by atoms with E-state index >= 15 is 0 Å². The predicted octanol–water partition coefficient (Wildman–Crippen LogP) is 3.87. The zero-order valence-electron chi connectivity index (χ0n) is 13.0. The molecular formula is C17H15BrN4O. The molecule has 5 nitrogen and oxygen atoms in total. The molecule has 3 N–H and O–H groups in total. The lowest BCUT2D eigenvalue weighted by molar-refractivity contribution is 0.470. The van der Waals surface area contributed by atoms with Gasteiger partial charge in [0, 0.05) is 15.4 Å². The minimum atomic E-state index is 0.180. The highest BCUT2D eigenvalue weighted by Gasteiger charge is 2.21. The number of rotatable bonds is 1. The van der Waals surface area contributed by atoms with Gasteiger partial charge in [-0.15, -0.1) is 0 Å². The zero-order chi connectivity index (χ0) is 16.9. The molecule has 1 aromatic carbocycles. The fourth-order valence-electron chi connectivity index (χ4n) is 2.80. The number of aromatic nitrogens is 2. The van der Waals surface area contributed by atoms with E-state index < -0.39 is 0 Å². The van der Waals surface area contributed by atoms with Crippen LogP contribution in [0.15, 0.2) is 22.7 Å². The van der Waals surface area contributed by atoms with Gasteiger partial charge in [-0.1, -0.05) is 6.07 Å². The van der Waals surface area contributed by atoms with E-state index in [4.69, 9.17) is 5.73 Å². The Morgan fingerprint density at radius 3 is 2.65 bits per heavy atom. The van der Waals surface area contributed by atoms with Gasteiger partial charge < -0.3 is 10.8 Å². The summed E-state index contributed by atoms with van der Waals surface area (Å²) in [5.74, 6) is 0.503. The number of aryl methyl sites for hydroxylation is 2. The number of nitrogen functional groups attached to an aromatic ring is 1. The number of hydrogen-bond donors (Lipinski definition) is 2. The number of phenolic OH excluding ortho intramolecular Hbond substituents is 1. The molecule has 0 atom stereocenters. The van der Waals surface area contributed by atoms with Crippen LogP contribution < -0.4 is 5.73 Å². The molecule has 2 aromatic heterocycles. The van der Waals surface area contributed by atoms with Gasteiger partial charge in [-0.3, -0.25) is 4.57 Å². The Labute approximate surface area is 142 Å². The van der Waals surface area contributed by atoms with E-state index in [-0.39, 0.29) is 5.75 Å². The first-order valence-corrected chi connectivity index (χ1v) is 7.82. The maximum Gasteiger partial charge on any atom is 0.147 e. The summed E-state index contributed by atoms with van der Waals surface area (Å²) in [5, 5.41) is 20.2. The fourth-order valence-corrected chi connectivity index (χ4v) is 3.12. The first-order valence-electron chi connectivity index (χ1n) is 7.03. The molecule has 0 spiro atoms. The molecule has 0 fully saturated rings. The van der Waals surface area contributed by atoms with Crippen LogP contribution in [-0.4, -0.2) is 14.7 Å². The maximum absolute atomic E-state index is 10.1. The van der Waals surface area contributed by atoms with Gasteiger partial charge in [0.1, 0.15) is 28.8 Å². The van der Waals surface area contributed by atoms with Crippen molar-refractivity contribution in [2.75, 3.05) is 5.73 Å². The summed E-state index contributed by atoms with van der Waals surface area (Å²) in [6, 6.07) is 7.49. The van der Waals surface area contributed by atoms with Gasteiger partial charge in [-0.25, -0.2) is 4.98 Å². The second-order valence-electron chi connectivity index (χ2n) is 5.51. The van der Waals surface area contributed by atoms with Crippen molar-refractivity contribution in [1.29, 1.82) is 5.26 Å². The Hall–Kier alpha value is -2.52. The van der Waals surface area contributed by atoms with Crippen LogP contribution in [0.4, 0.5) is 5.82 Å². The van der Waals surface area contributed by atoms with E-state index in [1.807, 2.05) is 32.9 Å². The molecule has 23 heavy (non-hydrogen) atoms. The van der Waals surface area contributed by atoms with Crippen molar-refractivity contribution in [3.05, 3.63) is 45.1 Å². The number of anilines is 1. The highest BCUT2D eigenvalue weighted by Crippen LogP contribution is 2.36. The van der Waals surface area contributed by atoms with Crippen LogP contribution in [-0.2, 0) is 0 Å². The molecule has 116 valence electrons. The second-order valence-corrected chi connectivity index (χ2v) is 6.36. The summed E-state index contributed by atoms with van der Waals surface area (Å²) in [4.78, 5) is 4.60. The lowest BCUT2D eigenvalue weighted by atomic mass is 10.1. The summed E-state index contributed by atoms with van der Waals surface area (Å²) in [6.45, 7) is 5.64. The average molecular weight is 371 g/mol. The van der Waals surface area contributed by atoms with Crippen molar-refractivity contribution >= 4 is 32.8 Å². The molecule has 2 heterocycles. The topological polar surface area (TPSA) is 87.9 Å². The molecule has 0 aliphatic carbocycles. The number of fused-ring (bicyclic) bond motifs is 1. The van der Waals surface area contributed by atoms with Crippen molar-refractivity contribution in [3.63, 3.8) is 0 Å². The third-order valence-corrected chi connectivity index (χ3v) is 4.85. The number of aromatic hydroxyl groups is 1. The van der Waals surface area contributed by atoms with E-state index in [0.29, 0.717) is 28.0 Å². The van der Waals surface area contributed by atoms with Crippen LogP contribution in [0.3, 0.4) is 0 Å². The normalized spacial score (nSPS) is 10.9. The second kappa shape index (κ2) is 5.28. The van der Waals surface area contributed by atoms with Gasteiger partial charge in [0.2, 0.25) is 0 Å². The van der Waals surface area contributed by atoms with Gasteiger partial charge in [0.15, 0.2) is 0 Å². The van der Waals surface area contributed by atoms with Crippen LogP contribution in [0.5, 0.6) is 5.75 Å². The maximum atomic E-state index is 10.1. The van der Waals surface area contributed by atoms with Crippen LogP contribution in [0, 0.1) is 32.1 Å². The van der Waals surface area contributed by atoms with E-state index in [2.05, 4.69) is 27.0 Å². The Morgan fingerprint density at radius 2 is 2.00 bits per heavy atom. The lowest BCUT2D eigenvalue weighted by Crippen LogP contribution is -2.06. The number of pyridine rings is 1. The highest BCUT2D eigenvalue weighted by molar-refractivity contribution is 9.10. The molecule has 3 rings (SSSR count). The molecule has 0 aliphatic rings. The van der Waals surface area contributed by atoms with Gasteiger partial charge in [0.25, 0.3) is 0 Å². The fraction of sp³-hybridized carbons (Fsp3) is 0.176. The largest absolute Gasteiger partial charge is 0.508 e. The Bertz CT molecular complexity index is 998. The predicted molar refractivity (Wildman–Crippen MR) is 93.8 cm³/mol. The SMILES string of the molecule is Cc1ccc(O)c(C)c1-n1c(N)c(C#N)c2cc(Br)c(C)nc21. The summed E-state index contributed by atoms with van der Waals surface area (Å²) >= 11 is 3.45. The molecule has 0 saturated heterocycles. The van der Waals surface area contributed by atoms with Crippen molar-refractivity contribution in [2.45, 2.75) is 20.8 Å². The van der Waals surface area contributed by atoms with Gasteiger partial charge in [-0.05, 0) is 54.4 Å². The number of nitriles is 1. The molecule has 0 bridgehead atoms. The lowest BCUT2D eigenvalue weighted by Gasteiger charge is -2.15. The van der Waals surface area contributed by atoms with E-state index in [1.54, 1.807) is 10.6 Å². The minimum absolute atomic E-state index is 0.180. The Balaban J connectivity index is 2.54. The number of hydrogen-bond acceptors (Lipinski definition) is 4. The summed E-state index contributed by atoms with van der Waals surface area (Å²) < 4.78 is 2.57. The highest BCUT2D eigenvalue weighted by atomic mass is 79.9. The van der Waals surface area contributed by atoms with Gasteiger partial charge in [-0.2, -0.15) is 5.26 Å². The number of phenols is 1. The first kappa shape index (κ1) is 15.4. The molecule has 3 aromatic rings. The molecule has 0 radical (unpaired) electrons. The summed E-state index contributed by atoms with van der Waals surface area (Å²) in [6.07, 6.45) is 0. The molecule has 0 unspecified atom stereocenters. The minimum Gasteiger partial charge on any atom is -0.508 e. The molecule has 0 amide bonds. The van der Waals surface area contributed by atoms with Crippen LogP contribution in [0.25, 0.3) is 16.7 Å². The molecule has 0 saturated carbocycles. The average Bonchev–Trinajstić information content (AvgIpc) is 2.76. The van der Waals surface area contributed by atoms with Crippen molar-refractivity contribution in [1.82, 2.24) is 9.55 Å². The first-order chi connectivity index (χ1) is 10.9.